The van der Waals surface area contributed by atoms with Crippen molar-refractivity contribution in [3.8, 4) is 0 Å². The highest BCUT2D eigenvalue weighted by molar-refractivity contribution is 7.99. The zero-order chi connectivity index (χ0) is 27.5. The van der Waals surface area contributed by atoms with Crippen LogP contribution in [-0.4, -0.2) is 40.0 Å². The molecule has 1 N–H and O–H groups in total. The van der Waals surface area contributed by atoms with Crippen molar-refractivity contribution in [2.24, 2.45) is 5.92 Å². The van der Waals surface area contributed by atoms with Crippen molar-refractivity contribution in [1.82, 2.24) is 10.2 Å². The summed E-state index contributed by atoms with van der Waals surface area (Å²) >= 11 is 7.48. The molecule has 1 unspecified atom stereocenters. The Labute approximate surface area is 232 Å². The van der Waals surface area contributed by atoms with E-state index in [1.807, 2.05) is 56.3 Å². The zero-order valence-corrected chi connectivity index (χ0v) is 23.1. The van der Waals surface area contributed by atoms with Crippen molar-refractivity contribution in [3.63, 3.8) is 0 Å². The van der Waals surface area contributed by atoms with Crippen LogP contribution in [0.25, 0.3) is 0 Å². The van der Waals surface area contributed by atoms with Crippen LogP contribution in [0.5, 0.6) is 0 Å². The first-order valence-electron chi connectivity index (χ1n) is 12.4. The maximum atomic E-state index is 13.6. The third-order valence-corrected chi connectivity index (χ3v) is 7.10. The number of hydrogen-bond acceptors (Lipinski definition) is 5. The minimum absolute atomic E-state index is 0.0279. The van der Waals surface area contributed by atoms with Gasteiger partial charge in [-0.1, -0.05) is 80.0 Å². The van der Waals surface area contributed by atoms with Gasteiger partial charge in [0.15, 0.2) is 0 Å². The van der Waals surface area contributed by atoms with E-state index in [9.17, 15) is 19.7 Å². The van der Waals surface area contributed by atoms with Crippen molar-refractivity contribution in [1.29, 1.82) is 0 Å². The average Bonchev–Trinajstić information content (AvgIpc) is 2.91. The fraction of sp³-hybridized carbons (Fsp3) is 0.310. The lowest BCUT2D eigenvalue weighted by Gasteiger charge is -2.32. The Morgan fingerprint density at radius 2 is 1.58 bits per heavy atom. The van der Waals surface area contributed by atoms with Gasteiger partial charge >= 0.3 is 0 Å². The number of nitro groups is 1. The van der Waals surface area contributed by atoms with Crippen LogP contribution in [0.2, 0.25) is 5.02 Å². The molecule has 0 aromatic heterocycles. The third kappa shape index (κ3) is 9.19. The molecule has 2 amide bonds. The van der Waals surface area contributed by atoms with Crippen molar-refractivity contribution in [3.05, 3.63) is 111 Å². The fourth-order valence-electron chi connectivity index (χ4n) is 3.82. The fourth-order valence-corrected chi connectivity index (χ4v) is 4.81. The normalized spacial score (nSPS) is 11.7. The molecule has 0 aliphatic carbocycles. The van der Waals surface area contributed by atoms with Gasteiger partial charge < -0.3 is 10.2 Å². The van der Waals surface area contributed by atoms with E-state index in [0.717, 1.165) is 16.7 Å². The summed E-state index contributed by atoms with van der Waals surface area (Å²) < 4.78 is 0. The molecule has 0 saturated carbocycles. The molecule has 0 fully saturated rings. The van der Waals surface area contributed by atoms with Crippen LogP contribution in [0.3, 0.4) is 0 Å². The Hall–Kier alpha value is -3.36. The van der Waals surface area contributed by atoms with Gasteiger partial charge in [-0.2, -0.15) is 0 Å². The Kier molecular flexibility index (Phi) is 11.2. The number of benzene rings is 3. The Morgan fingerprint density at radius 3 is 2.18 bits per heavy atom. The Balaban J connectivity index is 1.81. The number of carbonyl (C=O) groups excluding carboxylic acids is 2. The largest absolute Gasteiger partial charge is 0.354 e. The molecular weight excluding hydrogens is 522 g/mol. The van der Waals surface area contributed by atoms with Crippen molar-refractivity contribution in [2.75, 3.05) is 12.3 Å². The SMILES string of the molecule is CC(C)CNC(=O)C(Cc1ccccc1)N(Cc1ccc(Cl)cc1)C(=O)CSCc1ccc([N+](=O)[O-])cc1. The van der Waals surface area contributed by atoms with Gasteiger partial charge in [0.05, 0.1) is 10.7 Å². The third-order valence-electron chi connectivity index (χ3n) is 5.86. The molecule has 3 aromatic rings. The second-order valence-electron chi connectivity index (χ2n) is 9.41. The van der Waals surface area contributed by atoms with E-state index in [1.165, 1.54) is 23.9 Å². The molecule has 0 aliphatic heterocycles. The van der Waals surface area contributed by atoms with Gasteiger partial charge in [0.1, 0.15) is 6.04 Å². The van der Waals surface area contributed by atoms with Crippen molar-refractivity contribution in [2.45, 2.75) is 38.6 Å². The number of amides is 2. The number of non-ortho nitro benzene ring substituents is 1. The molecule has 0 spiro atoms. The zero-order valence-electron chi connectivity index (χ0n) is 21.5. The molecule has 0 aliphatic rings. The van der Waals surface area contributed by atoms with E-state index in [4.69, 9.17) is 11.6 Å². The molecule has 3 aromatic carbocycles. The number of nitrogens with zero attached hydrogens (tertiary/aromatic N) is 2. The van der Waals surface area contributed by atoms with Gasteiger partial charge in [0, 0.05) is 42.4 Å². The first kappa shape index (κ1) is 29.2. The van der Waals surface area contributed by atoms with Gasteiger partial charge in [0.25, 0.3) is 5.69 Å². The lowest BCUT2D eigenvalue weighted by molar-refractivity contribution is -0.384. The first-order valence-corrected chi connectivity index (χ1v) is 13.9. The highest BCUT2D eigenvalue weighted by Crippen LogP contribution is 2.21. The first-order chi connectivity index (χ1) is 18.2. The van der Waals surface area contributed by atoms with Crippen LogP contribution >= 0.6 is 23.4 Å². The highest BCUT2D eigenvalue weighted by Gasteiger charge is 2.30. The van der Waals surface area contributed by atoms with Gasteiger partial charge in [-0.25, -0.2) is 0 Å². The van der Waals surface area contributed by atoms with Crippen molar-refractivity contribution < 1.29 is 14.5 Å². The van der Waals surface area contributed by atoms with Crippen LogP contribution in [0.1, 0.15) is 30.5 Å². The van der Waals surface area contributed by atoms with E-state index in [2.05, 4.69) is 5.32 Å². The van der Waals surface area contributed by atoms with Crippen LogP contribution in [0.15, 0.2) is 78.9 Å². The molecule has 0 bridgehead atoms. The quantitative estimate of drug-likeness (QED) is 0.210. The summed E-state index contributed by atoms with van der Waals surface area (Å²) in [6.07, 6.45) is 0.386. The minimum Gasteiger partial charge on any atom is -0.354 e. The van der Waals surface area contributed by atoms with Gasteiger partial charge in [-0.3, -0.25) is 19.7 Å². The summed E-state index contributed by atoms with van der Waals surface area (Å²) in [5.74, 6) is 0.598. The van der Waals surface area contributed by atoms with E-state index >= 15 is 0 Å². The molecule has 7 nitrogen and oxygen atoms in total. The van der Waals surface area contributed by atoms with Gasteiger partial charge in [-0.05, 0) is 34.7 Å². The topological polar surface area (TPSA) is 92.6 Å². The Bertz CT molecular complexity index is 1200. The lowest BCUT2D eigenvalue weighted by atomic mass is 10.0. The molecule has 200 valence electrons. The number of hydrogen-bond donors (Lipinski definition) is 1. The number of carbonyl (C=O) groups is 2. The summed E-state index contributed by atoms with van der Waals surface area (Å²) in [5.41, 5.74) is 2.75. The second kappa shape index (κ2) is 14.5. The van der Waals surface area contributed by atoms with Gasteiger partial charge in [0.2, 0.25) is 11.8 Å². The predicted octanol–water partition coefficient (Wildman–Crippen LogP) is 5.89. The molecule has 0 radical (unpaired) electrons. The molecule has 1 atom stereocenters. The van der Waals surface area contributed by atoms with Crippen LogP contribution in [0, 0.1) is 16.0 Å². The summed E-state index contributed by atoms with van der Waals surface area (Å²) in [5, 5.41) is 14.5. The summed E-state index contributed by atoms with van der Waals surface area (Å²) in [6.45, 7) is 4.83. The highest BCUT2D eigenvalue weighted by atomic mass is 35.5. The number of thioether (sulfide) groups is 1. The second-order valence-corrected chi connectivity index (χ2v) is 10.8. The van der Waals surface area contributed by atoms with Crippen LogP contribution in [-0.2, 0) is 28.3 Å². The predicted molar refractivity (Wildman–Crippen MR) is 153 cm³/mol. The van der Waals surface area contributed by atoms with E-state index in [1.54, 1.807) is 29.2 Å². The molecule has 0 heterocycles. The summed E-state index contributed by atoms with van der Waals surface area (Å²) in [4.78, 5) is 39.2. The van der Waals surface area contributed by atoms with Gasteiger partial charge in [-0.15, -0.1) is 11.8 Å². The molecule has 38 heavy (non-hydrogen) atoms. The van der Waals surface area contributed by atoms with E-state index < -0.39 is 11.0 Å². The summed E-state index contributed by atoms with van der Waals surface area (Å²) in [7, 11) is 0. The smallest absolute Gasteiger partial charge is 0.269 e. The maximum Gasteiger partial charge on any atom is 0.269 e. The maximum absolute atomic E-state index is 13.6. The number of halogens is 1. The van der Waals surface area contributed by atoms with E-state index in [-0.39, 0.29) is 35.7 Å². The van der Waals surface area contributed by atoms with Crippen LogP contribution < -0.4 is 5.32 Å². The summed E-state index contributed by atoms with van der Waals surface area (Å²) in [6, 6.07) is 22.5. The number of nitro benzene ring substituents is 1. The standard InChI is InChI=1S/C29H32ClN3O4S/c1-21(2)17-31-29(35)27(16-22-6-4-3-5-7-22)32(18-23-8-12-25(30)13-9-23)28(34)20-38-19-24-10-14-26(15-11-24)33(36)37/h3-15,21,27H,16-20H2,1-2H3,(H,31,35). The van der Waals surface area contributed by atoms with Crippen molar-refractivity contribution >= 4 is 40.9 Å². The molecule has 3 rings (SSSR count). The molecule has 0 saturated heterocycles. The van der Waals surface area contributed by atoms with Crippen LogP contribution in [0.4, 0.5) is 5.69 Å². The molecule has 9 heteroatoms. The monoisotopic (exact) mass is 553 g/mol. The number of nitrogens with one attached hydrogen (secondary N) is 1. The van der Waals surface area contributed by atoms with E-state index in [0.29, 0.717) is 23.7 Å². The average molecular weight is 554 g/mol. The lowest BCUT2D eigenvalue weighted by Crippen LogP contribution is -2.51. The molecular formula is C29H32ClN3O4S. The Morgan fingerprint density at radius 1 is 0.947 bits per heavy atom. The number of rotatable bonds is 13. The minimum atomic E-state index is -0.695.